The average Bonchev–Trinajstić information content (AvgIpc) is 2.38. The Morgan fingerprint density at radius 2 is 2.39 bits per heavy atom. The van der Waals surface area contributed by atoms with Gasteiger partial charge in [0.1, 0.15) is 16.6 Å². The van der Waals surface area contributed by atoms with E-state index in [-0.39, 0.29) is 6.10 Å². The SMILES string of the molecule is CCN1CCOC(c2nc(=S)cc(C(C)C)[nH]2)C1. The molecule has 2 heterocycles. The van der Waals surface area contributed by atoms with Crippen LogP contribution in [0.3, 0.4) is 0 Å². The van der Waals surface area contributed by atoms with Gasteiger partial charge in [0, 0.05) is 18.8 Å². The first kappa shape index (κ1) is 13.6. The molecule has 4 nitrogen and oxygen atoms in total. The van der Waals surface area contributed by atoms with Crippen LogP contribution < -0.4 is 0 Å². The average molecular weight is 267 g/mol. The maximum Gasteiger partial charge on any atom is 0.138 e. The molecule has 0 radical (unpaired) electrons. The molecule has 2 rings (SSSR count). The minimum Gasteiger partial charge on any atom is -0.368 e. The summed E-state index contributed by atoms with van der Waals surface area (Å²) in [5, 5.41) is 0. The molecule has 1 unspecified atom stereocenters. The number of ether oxygens (including phenoxy) is 1. The van der Waals surface area contributed by atoms with Crippen molar-refractivity contribution in [2.45, 2.75) is 32.8 Å². The number of H-pyrrole nitrogens is 1. The number of morpholine rings is 1. The lowest BCUT2D eigenvalue weighted by atomic mass is 10.1. The molecule has 1 N–H and O–H groups in total. The van der Waals surface area contributed by atoms with E-state index in [1.807, 2.05) is 6.07 Å². The Bertz CT molecular complexity index is 458. The fourth-order valence-electron chi connectivity index (χ4n) is 2.11. The normalized spacial score (nSPS) is 21.4. The first-order valence-electron chi connectivity index (χ1n) is 6.55. The van der Waals surface area contributed by atoms with Gasteiger partial charge >= 0.3 is 0 Å². The van der Waals surface area contributed by atoms with Gasteiger partial charge in [0.2, 0.25) is 0 Å². The van der Waals surface area contributed by atoms with E-state index in [9.17, 15) is 0 Å². The van der Waals surface area contributed by atoms with Crippen molar-refractivity contribution in [1.29, 1.82) is 0 Å². The molecule has 0 spiro atoms. The second kappa shape index (κ2) is 5.91. The van der Waals surface area contributed by atoms with Crippen LogP contribution in [0.25, 0.3) is 0 Å². The van der Waals surface area contributed by atoms with Crippen molar-refractivity contribution in [2.75, 3.05) is 26.2 Å². The molecule has 0 aromatic carbocycles. The van der Waals surface area contributed by atoms with Crippen LogP contribution in [0.4, 0.5) is 0 Å². The summed E-state index contributed by atoms with van der Waals surface area (Å²) in [7, 11) is 0. The summed E-state index contributed by atoms with van der Waals surface area (Å²) < 4.78 is 6.45. The maximum atomic E-state index is 5.80. The highest BCUT2D eigenvalue weighted by Gasteiger charge is 2.23. The summed E-state index contributed by atoms with van der Waals surface area (Å²) in [6, 6.07) is 1.93. The Balaban J connectivity index is 2.24. The molecule has 0 bridgehead atoms. The van der Waals surface area contributed by atoms with Crippen LogP contribution in [0.1, 0.15) is 44.3 Å². The quantitative estimate of drug-likeness (QED) is 0.855. The lowest BCUT2D eigenvalue weighted by Gasteiger charge is -2.31. The summed E-state index contributed by atoms with van der Waals surface area (Å²) in [4.78, 5) is 10.2. The number of hydrogen-bond donors (Lipinski definition) is 1. The third-order valence-electron chi connectivity index (χ3n) is 3.31. The standard InChI is InChI=1S/C13H21N3OS/c1-4-16-5-6-17-11(8-16)13-14-10(9(2)3)7-12(18)15-13/h7,9,11H,4-6,8H2,1-3H3,(H,14,15,18). The van der Waals surface area contributed by atoms with Gasteiger partial charge in [-0.15, -0.1) is 0 Å². The van der Waals surface area contributed by atoms with E-state index in [4.69, 9.17) is 17.0 Å². The van der Waals surface area contributed by atoms with Crippen molar-refractivity contribution in [3.8, 4) is 0 Å². The highest BCUT2D eigenvalue weighted by atomic mass is 32.1. The third-order valence-corrected chi connectivity index (χ3v) is 3.52. The van der Waals surface area contributed by atoms with Crippen LogP contribution in [-0.4, -0.2) is 41.1 Å². The lowest BCUT2D eigenvalue weighted by molar-refractivity contribution is -0.0327. The van der Waals surface area contributed by atoms with Crippen LogP contribution >= 0.6 is 12.2 Å². The predicted octanol–water partition coefficient (Wildman–Crippen LogP) is 2.66. The maximum absolute atomic E-state index is 5.80. The molecule has 1 aromatic heterocycles. The number of aromatic nitrogens is 2. The van der Waals surface area contributed by atoms with Crippen molar-refractivity contribution < 1.29 is 4.74 Å². The van der Waals surface area contributed by atoms with E-state index in [0.717, 1.165) is 37.8 Å². The molecule has 0 amide bonds. The first-order valence-corrected chi connectivity index (χ1v) is 6.96. The smallest absolute Gasteiger partial charge is 0.138 e. The van der Waals surface area contributed by atoms with E-state index in [1.165, 1.54) is 0 Å². The molecule has 1 fully saturated rings. The minimum absolute atomic E-state index is 0.0131. The topological polar surface area (TPSA) is 41.1 Å². The Kier molecular flexibility index (Phi) is 4.48. The van der Waals surface area contributed by atoms with Gasteiger partial charge in [-0.3, -0.25) is 4.90 Å². The molecule has 0 saturated carbocycles. The Hall–Kier alpha value is -0.780. The first-order chi connectivity index (χ1) is 8.60. The van der Waals surface area contributed by atoms with Crippen molar-refractivity contribution in [1.82, 2.24) is 14.9 Å². The molecule has 0 aliphatic carbocycles. The second-order valence-corrected chi connectivity index (χ2v) is 5.39. The number of likely N-dealkylation sites (N-methyl/N-ethyl adjacent to an activating group) is 1. The van der Waals surface area contributed by atoms with Gasteiger partial charge < -0.3 is 9.72 Å². The van der Waals surface area contributed by atoms with E-state index in [1.54, 1.807) is 0 Å². The van der Waals surface area contributed by atoms with Crippen molar-refractivity contribution in [3.05, 3.63) is 22.2 Å². The summed E-state index contributed by atoms with van der Waals surface area (Å²) in [6.45, 7) is 10.1. The zero-order chi connectivity index (χ0) is 13.1. The van der Waals surface area contributed by atoms with Crippen LogP contribution in [0.15, 0.2) is 6.07 Å². The summed E-state index contributed by atoms with van der Waals surface area (Å²) in [5.74, 6) is 1.28. The van der Waals surface area contributed by atoms with Gasteiger partial charge in [-0.1, -0.05) is 33.0 Å². The molecule has 5 heteroatoms. The predicted molar refractivity (Wildman–Crippen MR) is 74.3 cm³/mol. The van der Waals surface area contributed by atoms with Crippen molar-refractivity contribution in [2.24, 2.45) is 0 Å². The van der Waals surface area contributed by atoms with Crippen molar-refractivity contribution >= 4 is 12.2 Å². The zero-order valence-corrected chi connectivity index (χ0v) is 12.1. The van der Waals surface area contributed by atoms with E-state index in [0.29, 0.717) is 10.6 Å². The third kappa shape index (κ3) is 3.16. The largest absolute Gasteiger partial charge is 0.368 e. The van der Waals surface area contributed by atoms with E-state index in [2.05, 4.69) is 35.6 Å². The summed E-state index contributed by atoms with van der Waals surface area (Å²) in [5.41, 5.74) is 1.13. The van der Waals surface area contributed by atoms with Crippen LogP contribution in [0.2, 0.25) is 0 Å². The van der Waals surface area contributed by atoms with Crippen LogP contribution in [0.5, 0.6) is 0 Å². The molecule has 1 aliphatic heterocycles. The number of hydrogen-bond acceptors (Lipinski definition) is 4. The van der Waals surface area contributed by atoms with E-state index < -0.39 is 0 Å². The highest BCUT2D eigenvalue weighted by Crippen LogP contribution is 2.21. The van der Waals surface area contributed by atoms with E-state index >= 15 is 0 Å². The molecule has 1 aliphatic rings. The van der Waals surface area contributed by atoms with Gasteiger partial charge in [0.15, 0.2) is 0 Å². The Morgan fingerprint density at radius 3 is 3.06 bits per heavy atom. The summed E-state index contributed by atoms with van der Waals surface area (Å²) >= 11 is 5.23. The number of nitrogens with one attached hydrogen (secondary N) is 1. The van der Waals surface area contributed by atoms with Crippen LogP contribution in [0, 0.1) is 4.64 Å². The lowest BCUT2D eigenvalue weighted by Crippen LogP contribution is -2.38. The van der Waals surface area contributed by atoms with Gasteiger partial charge in [-0.25, -0.2) is 4.98 Å². The molecular weight excluding hydrogens is 246 g/mol. The molecule has 1 aromatic rings. The fraction of sp³-hybridized carbons (Fsp3) is 0.692. The Morgan fingerprint density at radius 1 is 1.61 bits per heavy atom. The van der Waals surface area contributed by atoms with Gasteiger partial charge in [0.05, 0.1) is 6.61 Å². The molecular formula is C13H21N3OS. The molecule has 1 atom stereocenters. The van der Waals surface area contributed by atoms with Gasteiger partial charge in [-0.05, 0) is 18.5 Å². The highest BCUT2D eigenvalue weighted by molar-refractivity contribution is 7.71. The van der Waals surface area contributed by atoms with Crippen molar-refractivity contribution in [3.63, 3.8) is 0 Å². The number of aromatic amines is 1. The zero-order valence-electron chi connectivity index (χ0n) is 11.3. The fourth-order valence-corrected chi connectivity index (χ4v) is 2.34. The summed E-state index contributed by atoms with van der Waals surface area (Å²) in [6.07, 6.45) is 0.0131. The minimum atomic E-state index is 0.0131. The van der Waals surface area contributed by atoms with Gasteiger partial charge in [-0.2, -0.15) is 0 Å². The Labute approximate surface area is 113 Å². The monoisotopic (exact) mass is 267 g/mol. The van der Waals surface area contributed by atoms with Crippen LogP contribution in [-0.2, 0) is 4.74 Å². The van der Waals surface area contributed by atoms with Gasteiger partial charge in [0.25, 0.3) is 0 Å². The molecule has 1 saturated heterocycles. The number of rotatable bonds is 3. The number of nitrogens with zero attached hydrogens (tertiary/aromatic N) is 2. The molecule has 100 valence electrons. The second-order valence-electron chi connectivity index (χ2n) is 4.97. The molecule has 18 heavy (non-hydrogen) atoms.